The van der Waals surface area contributed by atoms with Crippen molar-refractivity contribution in [2.45, 2.75) is 51.9 Å². The van der Waals surface area contributed by atoms with Crippen LogP contribution in [0.5, 0.6) is 0 Å². The molecule has 2 heterocycles. The number of rotatable bonds is 13. The maximum Gasteiger partial charge on any atom is 0.228 e. The van der Waals surface area contributed by atoms with Crippen molar-refractivity contribution in [3.8, 4) is 6.07 Å². The Bertz CT molecular complexity index is 1160. The third-order valence-electron chi connectivity index (χ3n) is 7.53. The van der Waals surface area contributed by atoms with Gasteiger partial charge in [-0.25, -0.2) is 0 Å². The summed E-state index contributed by atoms with van der Waals surface area (Å²) in [6.07, 6.45) is 9.45. The summed E-state index contributed by atoms with van der Waals surface area (Å²) in [7, 11) is 0. The van der Waals surface area contributed by atoms with Gasteiger partial charge in [0.2, 0.25) is 5.91 Å². The zero-order valence-electron chi connectivity index (χ0n) is 22.3. The number of aryl methyl sites for hydroxylation is 1. The van der Waals surface area contributed by atoms with Crippen molar-refractivity contribution in [2.24, 2.45) is 0 Å². The van der Waals surface area contributed by atoms with Crippen LogP contribution in [-0.4, -0.2) is 66.5 Å². The molecule has 6 nitrogen and oxygen atoms in total. The van der Waals surface area contributed by atoms with Gasteiger partial charge in [0.05, 0.1) is 11.6 Å². The molecule has 0 spiro atoms. The number of hydrogen-bond acceptors (Lipinski definition) is 4. The lowest BCUT2D eigenvalue weighted by molar-refractivity contribution is -0.119. The van der Waals surface area contributed by atoms with Crippen molar-refractivity contribution in [1.82, 2.24) is 14.8 Å². The Morgan fingerprint density at radius 3 is 2.46 bits per heavy atom. The van der Waals surface area contributed by atoms with Gasteiger partial charge in [-0.15, -0.1) is 0 Å². The second kappa shape index (κ2) is 14.0. The summed E-state index contributed by atoms with van der Waals surface area (Å²) >= 11 is 0. The molecule has 0 bridgehead atoms. The molecule has 1 aromatic heterocycles. The van der Waals surface area contributed by atoms with Crippen LogP contribution in [0.25, 0.3) is 10.9 Å². The number of benzene rings is 2. The van der Waals surface area contributed by atoms with Gasteiger partial charge in [0.25, 0.3) is 0 Å². The van der Waals surface area contributed by atoms with E-state index in [1.165, 1.54) is 30.2 Å². The smallest absolute Gasteiger partial charge is 0.228 e. The highest BCUT2D eigenvalue weighted by molar-refractivity contribution is 5.93. The fraction of sp³-hybridized carbons (Fsp3) is 0.484. The van der Waals surface area contributed by atoms with Crippen molar-refractivity contribution >= 4 is 22.5 Å². The van der Waals surface area contributed by atoms with E-state index in [2.05, 4.69) is 46.1 Å². The summed E-state index contributed by atoms with van der Waals surface area (Å²) in [6, 6.07) is 18.2. The number of carbonyl (C=O) groups excluding carboxylic acids is 1. The molecule has 1 N–H and O–H groups in total. The van der Waals surface area contributed by atoms with Gasteiger partial charge in [0, 0.05) is 68.5 Å². The Hall–Kier alpha value is -3.14. The Morgan fingerprint density at radius 1 is 0.973 bits per heavy atom. The van der Waals surface area contributed by atoms with Crippen LogP contribution in [-0.2, 0) is 11.2 Å². The van der Waals surface area contributed by atoms with Crippen LogP contribution >= 0.6 is 0 Å². The first-order valence-corrected chi connectivity index (χ1v) is 14.0. The van der Waals surface area contributed by atoms with E-state index in [9.17, 15) is 10.1 Å². The number of fused-ring (bicyclic) bond motifs is 1. The number of carbonyl (C=O) groups is 1. The molecular formula is C31H41N5O. The van der Waals surface area contributed by atoms with E-state index in [-0.39, 0.29) is 5.91 Å². The molecule has 0 saturated carbocycles. The van der Waals surface area contributed by atoms with Crippen molar-refractivity contribution < 1.29 is 4.79 Å². The van der Waals surface area contributed by atoms with Crippen LogP contribution < -0.4 is 4.90 Å². The number of unbranched alkanes of at least 4 members (excludes halogenated alkanes) is 3. The normalized spacial score (nSPS) is 14.6. The molecule has 1 aliphatic heterocycles. The van der Waals surface area contributed by atoms with E-state index < -0.39 is 0 Å². The van der Waals surface area contributed by atoms with Gasteiger partial charge in [0.15, 0.2) is 0 Å². The summed E-state index contributed by atoms with van der Waals surface area (Å²) in [5.41, 5.74) is 4.13. The van der Waals surface area contributed by atoms with E-state index in [0.717, 1.165) is 76.3 Å². The average Bonchev–Trinajstić information content (AvgIpc) is 3.35. The standard InChI is InChI=1S/C31H41N5O/c1-2-3-4-8-17-36(28-11-6-5-7-12-28)31(37)15-18-35-21-19-34(20-22-35)16-9-10-27-25-33-30-14-13-26(24-32)23-29(27)30/h5-7,11-14,23,25,33H,2-4,8-10,15-22H2,1H3. The molecule has 0 aliphatic carbocycles. The molecule has 1 aliphatic rings. The molecule has 4 rings (SSSR count). The van der Waals surface area contributed by atoms with Crippen molar-refractivity contribution in [2.75, 3.05) is 50.7 Å². The summed E-state index contributed by atoms with van der Waals surface area (Å²) in [4.78, 5) is 23.5. The van der Waals surface area contributed by atoms with E-state index in [1.54, 1.807) is 0 Å². The highest BCUT2D eigenvalue weighted by Crippen LogP contribution is 2.21. The largest absolute Gasteiger partial charge is 0.361 e. The highest BCUT2D eigenvalue weighted by Gasteiger charge is 2.20. The summed E-state index contributed by atoms with van der Waals surface area (Å²) < 4.78 is 0. The Morgan fingerprint density at radius 2 is 1.73 bits per heavy atom. The minimum absolute atomic E-state index is 0.239. The maximum absolute atomic E-state index is 13.2. The van der Waals surface area contributed by atoms with Gasteiger partial charge in [-0.3, -0.25) is 4.79 Å². The Labute approximate surface area is 221 Å². The number of nitrogens with one attached hydrogen (secondary N) is 1. The quantitative estimate of drug-likeness (QED) is 0.311. The zero-order valence-corrected chi connectivity index (χ0v) is 22.3. The molecule has 6 heteroatoms. The van der Waals surface area contributed by atoms with E-state index in [1.807, 2.05) is 41.3 Å². The summed E-state index contributed by atoms with van der Waals surface area (Å²) in [6.45, 7) is 9.10. The Kier molecular flexibility index (Phi) is 10.2. The fourth-order valence-electron chi connectivity index (χ4n) is 5.28. The summed E-state index contributed by atoms with van der Waals surface area (Å²) in [5.74, 6) is 0.239. The number of aromatic nitrogens is 1. The molecule has 37 heavy (non-hydrogen) atoms. The molecule has 1 fully saturated rings. The maximum atomic E-state index is 13.2. The zero-order chi connectivity index (χ0) is 25.9. The minimum atomic E-state index is 0.239. The van der Waals surface area contributed by atoms with Gasteiger partial charge < -0.3 is 19.7 Å². The number of nitrogens with zero attached hydrogens (tertiary/aromatic N) is 4. The number of nitriles is 1. The van der Waals surface area contributed by atoms with Crippen LogP contribution in [0, 0.1) is 11.3 Å². The molecular weight excluding hydrogens is 458 g/mol. The van der Waals surface area contributed by atoms with Crippen LogP contribution in [0.4, 0.5) is 5.69 Å². The van der Waals surface area contributed by atoms with Gasteiger partial charge in [0.1, 0.15) is 0 Å². The van der Waals surface area contributed by atoms with Gasteiger partial charge >= 0.3 is 0 Å². The van der Waals surface area contributed by atoms with E-state index in [0.29, 0.717) is 12.0 Å². The molecule has 0 radical (unpaired) electrons. The third-order valence-corrected chi connectivity index (χ3v) is 7.53. The molecule has 0 atom stereocenters. The topological polar surface area (TPSA) is 66.4 Å². The van der Waals surface area contributed by atoms with Gasteiger partial charge in [-0.1, -0.05) is 44.4 Å². The predicted molar refractivity (Wildman–Crippen MR) is 152 cm³/mol. The number of H-pyrrole nitrogens is 1. The monoisotopic (exact) mass is 499 g/mol. The van der Waals surface area contributed by atoms with Crippen molar-refractivity contribution in [3.05, 3.63) is 65.9 Å². The van der Waals surface area contributed by atoms with Crippen LogP contribution in [0.15, 0.2) is 54.7 Å². The number of anilines is 1. The first-order valence-electron chi connectivity index (χ1n) is 14.0. The lowest BCUT2D eigenvalue weighted by Crippen LogP contribution is -2.47. The first kappa shape index (κ1) is 26.9. The molecule has 1 saturated heterocycles. The van der Waals surface area contributed by atoms with Crippen LogP contribution in [0.2, 0.25) is 0 Å². The van der Waals surface area contributed by atoms with Gasteiger partial charge in [-0.2, -0.15) is 5.26 Å². The van der Waals surface area contributed by atoms with Crippen molar-refractivity contribution in [1.29, 1.82) is 5.26 Å². The van der Waals surface area contributed by atoms with Crippen LogP contribution in [0.3, 0.4) is 0 Å². The molecule has 2 aromatic carbocycles. The molecule has 0 unspecified atom stereocenters. The van der Waals surface area contributed by atoms with Crippen molar-refractivity contribution in [3.63, 3.8) is 0 Å². The third kappa shape index (κ3) is 7.67. The number of aromatic amines is 1. The number of para-hydroxylation sites is 1. The number of amides is 1. The SMILES string of the molecule is CCCCCCN(C(=O)CCN1CCN(CCCc2c[nH]c3ccc(C#N)cc23)CC1)c1ccccc1. The second-order valence-electron chi connectivity index (χ2n) is 10.2. The minimum Gasteiger partial charge on any atom is -0.361 e. The highest BCUT2D eigenvalue weighted by atomic mass is 16.2. The molecule has 196 valence electrons. The second-order valence-corrected chi connectivity index (χ2v) is 10.2. The van der Waals surface area contributed by atoms with E-state index in [4.69, 9.17) is 0 Å². The first-order chi connectivity index (χ1) is 18.2. The Balaban J connectivity index is 1.19. The number of piperazine rings is 1. The fourth-order valence-corrected chi connectivity index (χ4v) is 5.28. The summed E-state index contributed by atoms with van der Waals surface area (Å²) in [5, 5.41) is 10.4. The molecule has 1 amide bonds. The van der Waals surface area contributed by atoms with Gasteiger partial charge in [-0.05, 0) is 61.7 Å². The molecule has 3 aromatic rings. The predicted octanol–water partition coefficient (Wildman–Crippen LogP) is 5.59. The average molecular weight is 500 g/mol. The van der Waals surface area contributed by atoms with E-state index >= 15 is 0 Å². The lowest BCUT2D eigenvalue weighted by Gasteiger charge is -2.35. The number of hydrogen-bond donors (Lipinski definition) is 1. The van der Waals surface area contributed by atoms with Crippen LogP contribution in [0.1, 0.15) is 56.6 Å². The lowest BCUT2D eigenvalue weighted by atomic mass is 10.1.